The van der Waals surface area contributed by atoms with Gasteiger partial charge in [-0.15, -0.1) is 10.2 Å². The van der Waals surface area contributed by atoms with Crippen LogP contribution in [0.4, 0.5) is 10.1 Å². The van der Waals surface area contributed by atoms with E-state index in [0.29, 0.717) is 57.6 Å². The number of hydrogen-bond donors (Lipinski definition) is 2. The molecule has 2 N–H and O–H groups in total. The second-order valence-electron chi connectivity index (χ2n) is 6.44. The Balaban J connectivity index is 1.49. The van der Waals surface area contributed by atoms with Gasteiger partial charge in [0.05, 0.1) is 19.0 Å². The van der Waals surface area contributed by atoms with Crippen molar-refractivity contribution in [2.45, 2.75) is 19.0 Å². The average Bonchev–Trinajstić information content (AvgIpc) is 3.12. The van der Waals surface area contributed by atoms with Gasteiger partial charge in [0.1, 0.15) is 28.5 Å². The van der Waals surface area contributed by atoms with Gasteiger partial charge in [0.15, 0.2) is 5.65 Å². The molecular formula is C21H20FN5O3S. The molecule has 31 heavy (non-hydrogen) atoms. The van der Waals surface area contributed by atoms with Crippen LogP contribution in [0.15, 0.2) is 41.6 Å². The lowest BCUT2D eigenvalue weighted by molar-refractivity contribution is -0.113. The summed E-state index contributed by atoms with van der Waals surface area (Å²) in [6, 6.07) is 9.72. The lowest BCUT2D eigenvalue weighted by Crippen LogP contribution is -2.16. The number of carbonyl (C=O) groups excluding carboxylic acids is 1. The summed E-state index contributed by atoms with van der Waals surface area (Å²) in [5, 5.41) is 12.0. The number of aromatic amines is 1. The van der Waals surface area contributed by atoms with Crippen LogP contribution in [0.2, 0.25) is 0 Å². The summed E-state index contributed by atoms with van der Waals surface area (Å²) in [5.74, 6) is 0.520. The van der Waals surface area contributed by atoms with Crippen molar-refractivity contribution in [1.82, 2.24) is 20.2 Å². The zero-order valence-corrected chi connectivity index (χ0v) is 17.8. The van der Waals surface area contributed by atoms with Gasteiger partial charge in [0.2, 0.25) is 11.1 Å². The Morgan fingerprint density at radius 1 is 1.13 bits per heavy atom. The summed E-state index contributed by atoms with van der Waals surface area (Å²) in [6.07, 6.45) is 0. The van der Waals surface area contributed by atoms with Crippen molar-refractivity contribution in [1.29, 1.82) is 0 Å². The number of benzene rings is 2. The molecular weight excluding hydrogens is 421 g/mol. The molecule has 0 bridgehead atoms. The number of anilines is 1. The Morgan fingerprint density at radius 2 is 1.87 bits per heavy atom. The van der Waals surface area contributed by atoms with Crippen LogP contribution in [0.1, 0.15) is 13.8 Å². The standard InChI is InChI=1S/C21H20FN5O3S/c1-3-29-15-6-5-7-16(30-4-2)19(15)24-17(28)11-31-21-25-20-18(26-27-21)13-10-12(22)8-9-14(13)23-20/h5-10H,3-4,11H2,1-2H3,(H,24,28)(H,23,25,27). The zero-order valence-electron chi connectivity index (χ0n) is 16.9. The van der Waals surface area contributed by atoms with Gasteiger partial charge in [-0.3, -0.25) is 4.79 Å². The second kappa shape index (κ2) is 9.17. The summed E-state index contributed by atoms with van der Waals surface area (Å²) < 4.78 is 24.7. The van der Waals surface area contributed by atoms with Gasteiger partial charge in [-0.25, -0.2) is 9.37 Å². The van der Waals surface area contributed by atoms with E-state index in [1.54, 1.807) is 24.3 Å². The van der Waals surface area contributed by atoms with Crippen molar-refractivity contribution in [2.75, 3.05) is 24.3 Å². The molecule has 0 unspecified atom stereocenters. The Labute approximate surface area is 181 Å². The number of nitrogens with zero attached hydrogens (tertiary/aromatic N) is 3. The van der Waals surface area contributed by atoms with Crippen molar-refractivity contribution in [3.8, 4) is 11.5 Å². The van der Waals surface area contributed by atoms with Crippen LogP contribution in [0.25, 0.3) is 22.1 Å². The van der Waals surface area contributed by atoms with Crippen LogP contribution >= 0.6 is 11.8 Å². The molecule has 0 fully saturated rings. The largest absolute Gasteiger partial charge is 0.492 e. The van der Waals surface area contributed by atoms with E-state index in [1.807, 2.05) is 13.8 Å². The number of amides is 1. The fourth-order valence-electron chi connectivity index (χ4n) is 3.08. The maximum Gasteiger partial charge on any atom is 0.235 e. The lowest BCUT2D eigenvalue weighted by Gasteiger charge is -2.15. The number of hydrogen-bond acceptors (Lipinski definition) is 7. The quantitative estimate of drug-likeness (QED) is 0.396. The Hall–Kier alpha value is -3.40. The van der Waals surface area contributed by atoms with Gasteiger partial charge in [0, 0.05) is 10.9 Å². The van der Waals surface area contributed by atoms with Crippen molar-refractivity contribution >= 4 is 45.4 Å². The van der Waals surface area contributed by atoms with E-state index < -0.39 is 0 Å². The molecule has 0 radical (unpaired) electrons. The molecule has 0 aliphatic carbocycles. The van der Waals surface area contributed by atoms with Gasteiger partial charge in [0.25, 0.3) is 0 Å². The minimum atomic E-state index is -0.357. The van der Waals surface area contributed by atoms with Crippen LogP contribution in [-0.4, -0.2) is 45.0 Å². The molecule has 1 amide bonds. The molecule has 2 aromatic carbocycles. The van der Waals surface area contributed by atoms with Crippen LogP contribution in [0.3, 0.4) is 0 Å². The van der Waals surface area contributed by atoms with Gasteiger partial charge in [-0.05, 0) is 44.2 Å². The molecule has 10 heteroatoms. The topological polar surface area (TPSA) is 102 Å². The molecule has 8 nitrogen and oxygen atoms in total. The number of aromatic nitrogens is 4. The number of nitrogens with one attached hydrogen (secondary N) is 2. The predicted octanol–water partition coefficient (Wildman–Crippen LogP) is 4.17. The molecule has 0 aliphatic rings. The third-order valence-corrected chi connectivity index (χ3v) is 5.18. The van der Waals surface area contributed by atoms with Crippen LogP contribution < -0.4 is 14.8 Å². The third kappa shape index (κ3) is 4.53. The molecule has 0 aliphatic heterocycles. The van der Waals surface area contributed by atoms with Crippen LogP contribution in [-0.2, 0) is 4.79 Å². The molecule has 2 heterocycles. The highest BCUT2D eigenvalue weighted by molar-refractivity contribution is 7.99. The van der Waals surface area contributed by atoms with Gasteiger partial charge in [-0.2, -0.15) is 0 Å². The van der Waals surface area contributed by atoms with Crippen molar-refractivity contribution in [3.63, 3.8) is 0 Å². The molecule has 0 saturated heterocycles. The highest BCUT2D eigenvalue weighted by Gasteiger charge is 2.16. The van der Waals surface area contributed by atoms with Crippen LogP contribution in [0, 0.1) is 5.82 Å². The summed E-state index contributed by atoms with van der Waals surface area (Å²) in [5.41, 5.74) is 2.17. The van der Waals surface area contributed by atoms with Crippen molar-refractivity contribution in [2.24, 2.45) is 0 Å². The van der Waals surface area contributed by atoms with Crippen molar-refractivity contribution < 1.29 is 18.7 Å². The fourth-order valence-corrected chi connectivity index (χ4v) is 3.67. The van der Waals surface area contributed by atoms with E-state index in [4.69, 9.17) is 9.47 Å². The van der Waals surface area contributed by atoms with E-state index in [1.165, 1.54) is 12.1 Å². The normalized spacial score (nSPS) is 11.1. The van der Waals surface area contributed by atoms with Gasteiger partial charge in [-0.1, -0.05) is 17.8 Å². The number of para-hydroxylation sites is 1. The Morgan fingerprint density at radius 3 is 2.58 bits per heavy atom. The average molecular weight is 441 g/mol. The first-order valence-corrected chi connectivity index (χ1v) is 10.7. The summed E-state index contributed by atoms with van der Waals surface area (Å²) in [4.78, 5) is 20.1. The first kappa shape index (κ1) is 20.9. The summed E-state index contributed by atoms with van der Waals surface area (Å²) in [7, 11) is 0. The van der Waals surface area contributed by atoms with E-state index in [2.05, 4.69) is 25.5 Å². The molecule has 4 rings (SSSR count). The molecule has 160 valence electrons. The monoisotopic (exact) mass is 441 g/mol. The van der Waals surface area contributed by atoms with E-state index in [9.17, 15) is 9.18 Å². The number of rotatable bonds is 8. The number of carbonyl (C=O) groups is 1. The maximum absolute atomic E-state index is 13.5. The Kier molecular flexibility index (Phi) is 6.17. The summed E-state index contributed by atoms with van der Waals surface area (Å²) >= 11 is 1.14. The maximum atomic E-state index is 13.5. The highest BCUT2D eigenvalue weighted by Crippen LogP contribution is 2.35. The number of halogens is 1. The van der Waals surface area contributed by atoms with Gasteiger partial charge >= 0.3 is 0 Å². The SMILES string of the molecule is CCOc1cccc(OCC)c1NC(=O)CSc1nnc2c(n1)[nH]c1ccc(F)cc12. The minimum absolute atomic E-state index is 0.0636. The number of fused-ring (bicyclic) bond motifs is 3. The van der Waals surface area contributed by atoms with E-state index >= 15 is 0 Å². The van der Waals surface area contributed by atoms with Gasteiger partial charge < -0.3 is 19.8 Å². The third-order valence-electron chi connectivity index (χ3n) is 4.34. The van der Waals surface area contributed by atoms with E-state index in [0.717, 1.165) is 11.8 Å². The molecule has 0 saturated carbocycles. The molecule has 2 aromatic heterocycles. The highest BCUT2D eigenvalue weighted by atomic mass is 32.2. The molecule has 0 atom stereocenters. The first-order valence-electron chi connectivity index (χ1n) is 9.72. The van der Waals surface area contributed by atoms with Crippen molar-refractivity contribution in [3.05, 3.63) is 42.2 Å². The zero-order chi connectivity index (χ0) is 21.8. The fraction of sp³-hybridized carbons (Fsp3) is 0.238. The second-order valence-corrected chi connectivity index (χ2v) is 7.38. The minimum Gasteiger partial charge on any atom is -0.492 e. The number of H-pyrrole nitrogens is 1. The first-order chi connectivity index (χ1) is 15.1. The Bertz CT molecular complexity index is 1220. The summed E-state index contributed by atoms with van der Waals surface area (Å²) in [6.45, 7) is 4.66. The van der Waals surface area contributed by atoms with E-state index in [-0.39, 0.29) is 17.5 Å². The molecule has 0 spiro atoms. The predicted molar refractivity (Wildman–Crippen MR) is 117 cm³/mol. The number of ether oxygens (including phenoxy) is 2. The molecule has 4 aromatic rings. The smallest absolute Gasteiger partial charge is 0.235 e. The number of thioether (sulfide) groups is 1. The lowest BCUT2D eigenvalue weighted by atomic mass is 10.2. The van der Waals surface area contributed by atoms with Crippen LogP contribution in [0.5, 0.6) is 11.5 Å².